The highest BCUT2D eigenvalue weighted by molar-refractivity contribution is 5.83. The van der Waals surface area contributed by atoms with Crippen molar-refractivity contribution in [2.24, 2.45) is 11.1 Å². The van der Waals surface area contributed by atoms with E-state index in [-0.39, 0.29) is 5.41 Å². The fourth-order valence-corrected chi connectivity index (χ4v) is 2.99. The third-order valence-electron chi connectivity index (χ3n) is 4.24. The van der Waals surface area contributed by atoms with Gasteiger partial charge in [0.1, 0.15) is 0 Å². The topological polar surface area (TPSA) is 46.3 Å². The highest BCUT2D eigenvalue weighted by Crippen LogP contribution is 2.39. The quantitative estimate of drug-likeness (QED) is 0.793. The third kappa shape index (κ3) is 2.10. The Morgan fingerprint density at radius 3 is 2.38 bits per heavy atom. The van der Waals surface area contributed by atoms with Crippen molar-refractivity contribution in [2.45, 2.75) is 57.9 Å². The highest BCUT2D eigenvalue weighted by atomic mass is 16.2. The zero-order chi connectivity index (χ0) is 11.6. The van der Waals surface area contributed by atoms with Crippen LogP contribution in [0.25, 0.3) is 0 Å². The minimum absolute atomic E-state index is 0.211. The molecule has 0 unspecified atom stereocenters. The van der Waals surface area contributed by atoms with Crippen LogP contribution in [0.2, 0.25) is 0 Å². The summed E-state index contributed by atoms with van der Waals surface area (Å²) in [5.74, 6) is 0.347. The van der Waals surface area contributed by atoms with Gasteiger partial charge in [0.2, 0.25) is 5.91 Å². The van der Waals surface area contributed by atoms with E-state index in [1.54, 1.807) is 0 Å². The Labute approximate surface area is 98.4 Å². The van der Waals surface area contributed by atoms with Crippen molar-refractivity contribution in [1.82, 2.24) is 4.90 Å². The van der Waals surface area contributed by atoms with Crippen molar-refractivity contribution in [2.75, 3.05) is 13.1 Å². The van der Waals surface area contributed by atoms with E-state index < -0.39 is 0 Å². The van der Waals surface area contributed by atoms with Gasteiger partial charge in [0, 0.05) is 19.1 Å². The van der Waals surface area contributed by atoms with Gasteiger partial charge in [-0.2, -0.15) is 0 Å². The molecule has 0 bridgehead atoms. The molecule has 2 saturated carbocycles. The number of hydrogen-bond donors (Lipinski definition) is 1. The van der Waals surface area contributed by atoms with Crippen molar-refractivity contribution in [1.29, 1.82) is 0 Å². The molecule has 92 valence electrons. The minimum atomic E-state index is -0.211. The molecule has 0 radical (unpaired) electrons. The number of nitrogens with zero attached hydrogens (tertiary/aromatic N) is 1. The van der Waals surface area contributed by atoms with E-state index in [9.17, 15) is 4.79 Å². The second-order valence-electron chi connectivity index (χ2n) is 5.37. The standard InChI is InChI=1S/C13H24N2O/c1-2-15(11-6-7-11)12(16)13(10-14)8-4-3-5-9-13/h11H,2-10,14H2,1H3. The smallest absolute Gasteiger partial charge is 0.230 e. The van der Waals surface area contributed by atoms with Gasteiger partial charge < -0.3 is 10.6 Å². The average molecular weight is 224 g/mol. The first-order valence-corrected chi connectivity index (χ1v) is 6.74. The normalized spacial score (nSPS) is 24.1. The Hall–Kier alpha value is -0.570. The summed E-state index contributed by atoms with van der Waals surface area (Å²) in [5.41, 5.74) is 5.69. The first kappa shape index (κ1) is 11.9. The number of carbonyl (C=O) groups is 1. The van der Waals surface area contributed by atoms with E-state index in [2.05, 4.69) is 11.8 Å². The number of hydrogen-bond acceptors (Lipinski definition) is 2. The van der Waals surface area contributed by atoms with Gasteiger partial charge >= 0.3 is 0 Å². The maximum Gasteiger partial charge on any atom is 0.230 e. The van der Waals surface area contributed by atoms with Gasteiger partial charge in [-0.15, -0.1) is 0 Å². The maximum absolute atomic E-state index is 12.6. The van der Waals surface area contributed by atoms with Gasteiger partial charge in [-0.3, -0.25) is 4.79 Å². The fraction of sp³-hybridized carbons (Fsp3) is 0.923. The summed E-state index contributed by atoms with van der Waals surface area (Å²) in [7, 11) is 0. The molecule has 2 N–H and O–H groups in total. The van der Waals surface area contributed by atoms with E-state index >= 15 is 0 Å². The van der Waals surface area contributed by atoms with Crippen LogP contribution >= 0.6 is 0 Å². The Morgan fingerprint density at radius 1 is 1.31 bits per heavy atom. The number of amides is 1. The number of nitrogens with two attached hydrogens (primary N) is 1. The first-order valence-electron chi connectivity index (χ1n) is 6.74. The van der Waals surface area contributed by atoms with Gasteiger partial charge in [0.15, 0.2) is 0 Å². The second kappa shape index (κ2) is 4.74. The average Bonchev–Trinajstić information content (AvgIpc) is 3.15. The predicted octanol–water partition coefficient (Wildman–Crippen LogP) is 1.91. The lowest BCUT2D eigenvalue weighted by molar-refractivity contribution is -0.144. The van der Waals surface area contributed by atoms with Crippen LogP contribution in [0.1, 0.15) is 51.9 Å². The molecule has 0 aromatic carbocycles. The summed E-state index contributed by atoms with van der Waals surface area (Å²) in [4.78, 5) is 14.7. The van der Waals surface area contributed by atoms with Crippen LogP contribution < -0.4 is 5.73 Å². The Kier molecular flexibility index (Phi) is 3.53. The molecule has 0 spiro atoms. The number of carbonyl (C=O) groups excluding carboxylic acids is 1. The van der Waals surface area contributed by atoms with Gasteiger partial charge in [0.05, 0.1) is 5.41 Å². The summed E-state index contributed by atoms with van der Waals surface area (Å²) in [5, 5.41) is 0. The lowest BCUT2D eigenvalue weighted by Gasteiger charge is -2.39. The summed E-state index contributed by atoms with van der Waals surface area (Å²) in [6, 6.07) is 0.530. The summed E-state index contributed by atoms with van der Waals surface area (Å²) >= 11 is 0. The molecule has 0 aliphatic heterocycles. The van der Waals surface area contributed by atoms with E-state index in [0.717, 1.165) is 19.4 Å². The van der Waals surface area contributed by atoms with E-state index in [4.69, 9.17) is 5.73 Å². The van der Waals surface area contributed by atoms with Crippen LogP contribution in [-0.2, 0) is 4.79 Å². The Balaban J connectivity index is 2.09. The molecule has 2 fully saturated rings. The van der Waals surface area contributed by atoms with Crippen LogP contribution in [-0.4, -0.2) is 29.9 Å². The largest absolute Gasteiger partial charge is 0.339 e. The predicted molar refractivity (Wildman–Crippen MR) is 65.0 cm³/mol. The van der Waals surface area contributed by atoms with Crippen LogP contribution in [0.3, 0.4) is 0 Å². The van der Waals surface area contributed by atoms with E-state index in [0.29, 0.717) is 18.5 Å². The fourth-order valence-electron chi connectivity index (χ4n) is 2.99. The van der Waals surface area contributed by atoms with Gasteiger partial charge in [0.25, 0.3) is 0 Å². The van der Waals surface area contributed by atoms with Crippen molar-refractivity contribution >= 4 is 5.91 Å². The van der Waals surface area contributed by atoms with Crippen molar-refractivity contribution in [3.63, 3.8) is 0 Å². The lowest BCUT2D eigenvalue weighted by atomic mass is 9.73. The minimum Gasteiger partial charge on any atom is -0.339 e. The van der Waals surface area contributed by atoms with Gasteiger partial charge in [-0.25, -0.2) is 0 Å². The van der Waals surface area contributed by atoms with Crippen LogP contribution in [0.4, 0.5) is 0 Å². The maximum atomic E-state index is 12.6. The molecule has 3 nitrogen and oxygen atoms in total. The van der Waals surface area contributed by atoms with E-state index in [1.165, 1.54) is 32.1 Å². The first-order chi connectivity index (χ1) is 7.73. The molecule has 0 saturated heterocycles. The molecule has 2 aliphatic carbocycles. The molecular formula is C13H24N2O. The monoisotopic (exact) mass is 224 g/mol. The zero-order valence-corrected chi connectivity index (χ0v) is 10.4. The van der Waals surface area contributed by atoms with Crippen molar-refractivity contribution < 1.29 is 4.79 Å². The molecule has 2 aliphatic rings. The molecule has 0 heterocycles. The highest BCUT2D eigenvalue weighted by Gasteiger charge is 2.44. The molecule has 0 atom stereocenters. The summed E-state index contributed by atoms with van der Waals surface area (Å²) < 4.78 is 0. The van der Waals surface area contributed by atoms with Gasteiger partial charge in [-0.05, 0) is 32.6 Å². The molecule has 3 heteroatoms. The zero-order valence-electron chi connectivity index (χ0n) is 10.4. The molecule has 16 heavy (non-hydrogen) atoms. The molecule has 0 aromatic heterocycles. The molecule has 1 amide bonds. The molecular weight excluding hydrogens is 200 g/mol. The van der Waals surface area contributed by atoms with Crippen LogP contribution in [0, 0.1) is 5.41 Å². The van der Waals surface area contributed by atoms with Crippen LogP contribution in [0.5, 0.6) is 0 Å². The summed E-state index contributed by atoms with van der Waals surface area (Å²) in [6.07, 6.45) is 8.01. The number of rotatable bonds is 4. The second-order valence-corrected chi connectivity index (χ2v) is 5.37. The van der Waals surface area contributed by atoms with E-state index in [1.807, 2.05) is 0 Å². The Bertz CT molecular complexity index is 255. The van der Waals surface area contributed by atoms with Crippen molar-refractivity contribution in [3.05, 3.63) is 0 Å². The van der Waals surface area contributed by atoms with Crippen molar-refractivity contribution in [3.8, 4) is 0 Å². The third-order valence-corrected chi connectivity index (χ3v) is 4.24. The summed E-state index contributed by atoms with van der Waals surface area (Å²) in [6.45, 7) is 3.48. The molecule has 0 aromatic rings. The SMILES string of the molecule is CCN(C(=O)C1(CN)CCCCC1)C1CC1. The lowest BCUT2D eigenvalue weighted by Crippen LogP contribution is -2.49. The van der Waals surface area contributed by atoms with Gasteiger partial charge in [-0.1, -0.05) is 19.3 Å². The van der Waals surface area contributed by atoms with Crippen LogP contribution in [0.15, 0.2) is 0 Å². The Morgan fingerprint density at radius 2 is 1.94 bits per heavy atom. The molecule has 2 rings (SSSR count).